The van der Waals surface area contributed by atoms with E-state index in [0.717, 1.165) is 19.3 Å². The van der Waals surface area contributed by atoms with Crippen LogP contribution in [-0.2, 0) is 34.2 Å². The minimum atomic E-state index is 0. The zero-order valence-corrected chi connectivity index (χ0v) is 28.9. The Morgan fingerprint density at radius 3 is 1.94 bits per heavy atom. The van der Waals surface area contributed by atoms with Gasteiger partial charge in [0, 0.05) is 0 Å². The van der Waals surface area contributed by atoms with E-state index in [9.17, 15) is 0 Å². The first-order chi connectivity index (χ1) is 15.8. The summed E-state index contributed by atoms with van der Waals surface area (Å²) in [4.78, 5) is 0. The quantitative estimate of drug-likeness (QED) is 0.308. The monoisotopic (exact) mass is 615 g/mol. The molecule has 0 radical (unpaired) electrons. The summed E-state index contributed by atoms with van der Waals surface area (Å²) in [5.74, 6) is 0. The van der Waals surface area contributed by atoms with Crippen LogP contribution in [0.5, 0.6) is 0 Å². The number of allylic oxidation sites excluding steroid dienone is 4. The standard InChI is InChI=1S/C30H37.C2H6Si.2ClH.Zr/c1-9-19-11-13-25(22(19)10-2)28-26-18-20-17-21(29(3,4)5)12-14-23(20)24(26)15-16-27(28)30(6,7)8;1-3-2;;;/h11-12,14-18H,9-10,13H2,1-8H3;1-2H3;2*1H;/q-1;;;;+2/p-2. The van der Waals surface area contributed by atoms with Crippen LogP contribution in [0.2, 0.25) is 13.1 Å². The molecule has 0 N–H and O–H groups in total. The molecule has 0 saturated carbocycles. The van der Waals surface area contributed by atoms with Crippen LogP contribution in [0.1, 0.15) is 91.3 Å². The largest absolute Gasteiger partial charge is 1.00 e. The Bertz CT molecular complexity index is 1290. The maximum atomic E-state index is 2.47. The first-order valence-corrected chi connectivity index (χ1v) is 19.1. The molecule has 3 aromatic carbocycles. The number of fused-ring (bicyclic) bond motifs is 3. The predicted octanol–water partition coefficient (Wildman–Crippen LogP) is 4.00. The topological polar surface area (TPSA) is 0 Å². The van der Waals surface area contributed by atoms with Gasteiger partial charge in [0.05, 0.1) is 0 Å². The van der Waals surface area contributed by atoms with Crippen molar-refractivity contribution >= 4 is 32.6 Å². The van der Waals surface area contributed by atoms with Crippen LogP contribution >= 0.6 is 0 Å². The third-order valence-electron chi connectivity index (χ3n) is 6.90. The average molecular weight is 618 g/mol. The summed E-state index contributed by atoms with van der Waals surface area (Å²) < 4.78 is 0. The van der Waals surface area contributed by atoms with E-state index in [2.05, 4.69) is 111 Å². The third-order valence-corrected chi connectivity index (χ3v) is 6.90. The van der Waals surface area contributed by atoms with Gasteiger partial charge < -0.3 is 24.8 Å². The van der Waals surface area contributed by atoms with Gasteiger partial charge in [0.15, 0.2) is 0 Å². The average Bonchev–Trinajstić information content (AvgIpc) is 3.31. The van der Waals surface area contributed by atoms with Crippen molar-refractivity contribution in [2.75, 3.05) is 0 Å². The molecule has 0 fully saturated rings. The van der Waals surface area contributed by atoms with Crippen molar-refractivity contribution in [3.05, 3.63) is 70.3 Å². The van der Waals surface area contributed by atoms with Crippen molar-refractivity contribution in [3.8, 4) is 0 Å². The molecular weight excluding hydrogens is 575 g/mol. The normalized spacial score (nSPS) is 13.7. The molecule has 0 spiro atoms. The van der Waals surface area contributed by atoms with E-state index in [-0.39, 0.29) is 41.1 Å². The zero-order valence-electron chi connectivity index (χ0n) is 23.9. The molecule has 0 unspecified atom stereocenters. The minimum absolute atomic E-state index is 0. The molecule has 0 saturated heterocycles. The van der Waals surface area contributed by atoms with E-state index >= 15 is 0 Å². The smallest absolute Gasteiger partial charge is 1.00 e. The summed E-state index contributed by atoms with van der Waals surface area (Å²) in [6.07, 6.45) is 5.79. The molecule has 0 heterocycles. The van der Waals surface area contributed by atoms with Gasteiger partial charge in [0.2, 0.25) is 0 Å². The molecule has 3 aromatic rings. The van der Waals surface area contributed by atoms with Crippen molar-refractivity contribution in [3.63, 3.8) is 0 Å². The molecule has 4 heteroatoms. The van der Waals surface area contributed by atoms with Crippen molar-refractivity contribution in [1.82, 2.24) is 0 Å². The van der Waals surface area contributed by atoms with Crippen molar-refractivity contribution < 1.29 is 48.1 Å². The van der Waals surface area contributed by atoms with Gasteiger partial charge in [-0.1, -0.05) is 108 Å². The van der Waals surface area contributed by atoms with E-state index < -0.39 is 0 Å². The Labute approximate surface area is 248 Å². The Morgan fingerprint density at radius 2 is 1.44 bits per heavy atom. The molecular formula is C32H43Cl2SiZr-. The molecule has 0 aliphatic heterocycles. The second kappa shape index (κ2) is 13.0. The van der Waals surface area contributed by atoms with E-state index in [1.807, 2.05) is 0 Å². The first-order valence-electron chi connectivity index (χ1n) is 12.9. The first kappa shape index (κ1) is 33.5. The van der Waals surface area contributed by atoms with Crippen LogP contribution in [-0.4, -0.2) is 5.43 Å². The van der Waals surface area contributed by atoms with Crippen LogP contribution in [0, 0.1) is 0 Å². The molecule has 0 aromatic heterocycles. The van der Waals surface area contributed by atoms with E-state index in [4.69, 9.17) is 0 Å². The number of rotatable bonds is 3. The van der Waals surface area contributed by atoms with Crippen LogP contribution in [0.25, 0.3) is 27.1 Å². The van der Waals surface area contributed by atoms with Gasteiger partial charge in [0.1, 0.15) is 0 Å². The maximum absolute atomic E-state index is 2.47. The molecule has 194 valence electrons. The molecule has 0 atom stereocenters. The summed E-state index contributed by atoms with van der Waals surface area (Å²) in [5, 5.41) is 5.61. The second-order valence-corrected chi connectivity index (χ2v) is 21.4. The predicted molar refractivity (Wildman–Crippen MR) is 152 cm³/mol. The van der Waals surface area contributed by atoms with Crippen LogP contribution in [0.4, 0.5) is 0 Å². The van der Waals surface area contributed by atoms with Crippen molar-refractivity contribution in [2.24, 2.45) is 0 Å². The molecule has 4 rings (SSSR count). The van der Waals surface area contributed by atoms with E-state index in [0.29, 0.717) is 0 Å². The summed E-state index contributed by atoms with van der Waals surface area (Å²) in [5.41, 5.74) is 9.58. The van der Waals surface area contributed by atoms with Crippen molar-refractivity contribution in [2.45, 2.75) is 98.6 Å². The number of hydrogen-bond donors (Lipinski definition) is 0. The molecule has 36 heavy (non-hydrogen) atoms. The SMILES string of the molecule is CCC1=CCC(c2c(C(C)(C)C)ccc3c2[cH-]c2cc(C(C)(C)C)ccc23)=C1CC.C[Si](C)=[Zr+2].[Cl-].[Cl-]. The van der Waals surface area contributed by atoms with E-state index in [1.165, 1.54) is 38.2 Å². The maximum Gasteiger partial charge on any atom is -1.00 e. The fraction of sp³-hybridized carbons (Fsp3) is 0.469. The van der Waals surface area contributed by atoms with Gasteiger partial charge in [-0.3, -0.25) is 0 Å². The van der Waals surface area contributed by atoms with Gasteiger partial charge in [-0.05, 0) is 41.2 Å². The fourth-order valence-corrected chi connectivity index (χ4v) is 5.22. The van der Waals surface area contributed by atoms with Gasteiger partial charge in [-0.25, -0.2) is 0 Å². The van der Waals surface area contributed by atoms with Crippen LogP contribution < -0.4 is 24.8 Å². The summed E-state index contributed by atoms with van der Waals surface area (Å²) in [7, 11) is 0. The number of benzene rings is 2. The summed E-state index contributed by atoms with van der Waals surface area (Å²) >= 11 is 1.74. The molecule has 0 bridgehead atoms. The van der Waals surface area contributed by atoms with Crippen molar-refractivity contribution in [1.29, 1.82) is 0 Å². The van der Waals surface area contributed by atoms with Gasteiger partial charge in [-0.15, -0.1) is 33.7 Å². The van der Waals surface area contributed by atoms with Gasteiger partial charge >= 0.3 is 41.9 Å². The third kappa shape index (κ3) is 7.11. The molecule has 0 amide bonds. The minimum Gasteiger partial charge on any atom is -1.00 e. The van der Waals surface area contributed by atoms with Crippen LogP contribution in [0.15, 0.2) is 53.6 Å². The molecule has 1 aliphatic carbocycles. The molecule has 0 nitrogen and oxygen atoms in total. The molecule has 1 aliphatic rings. The fourth-order valence-electron chi connectivity index (χ4n) is 5.22. The summed E-state index contributed by atoms with van der Waals surface area (Å²) in [6.45, 7) is 23.2. The zero-order chi connectivity index (χ0) is 25.4. The van der Waals surface area contributed by atoms with Crippen LogP contribution in [0.3, 0.4) is 0 Å². The Hall–Kier alpha value is -0.530. The Balaban J connectivity index is 0.00000101. The Kier molecular flexibility index (Phi) is 12.1. The number of halogens is 2. The second-order valence-electron chi connectivity index (χ2n) is 12.0. The number of hydrogen-bond acceptors (Lipinski definition) is 0. The van der Waals surface area contributed by atoms with Gasteiger partial charge in [0.25, 0.3) is 0 Å². The Morgan fingerprint density at radius 1 is 0.861 bits per heavy atom. The van der Waals surface area contributed by atoms with E-state index in [1.54, 1.807) is 40.1 Å². The van der Waals surface area contributed by atoms with Gasteiger partial charge in [-0.2, -0.15) is 0 Å². The summed E-state index contributed by atoms with van der Waals surface area (Å²) in [6, 6.07) is 14.3.